The number of rotatable bonds is 7. The molecule has 0 aromatic heterocycles. The first-order valence-electron chi connectivity index (χ1n) is 9.47. The minimum Gasteiger partial charge on any atom is -0.378 e. The molecule has 2 aromatic rings. The van der Waals surface area contributed by atoms with Gasteiger partial charge in [-0.2, -0.15) is 4.31 Å². The first-order chi connectivity index (χ1) is 13.0. The summed E-state index contributed by atoms with van der Waals surface area (Å²) in [6.45, 7) is 3.41. The Labute approximate surface area is 161 Å². The Kier molecular flexibility index (Phi) is 6.29. The molecule has 2 aromatic carbocycles. The van der Waals surface area contributed by atoms with Crippen molar-refractivity contribution in [2.24, 2.45) is 0 Å². The number of piperidine rings is 1. The zero-order valence-corrected chi connectivity index (χ0v) is 16.5. The molecule has 5 nitrogen and oxygen atoms in total. The van der Waals surface area contributed by atoms with Gasteiger partial charge in [-0.3, -0.25) is 4.79 Å². The van der Waals surface area contributed by atoms with Crippen molar-refractivity contribution in [2.75, 3.05) is 25.0 Å². The molecule has 0 saturated carbocycles. The number of carbonyl (C=O) groups excluding carboxylic acids is 1. The third-order valence-corrected chi connectivity index (χ3v) is 6.86. The van der Waals surface area contributed by atoms with Crippen LogP contribution in [0.1, 0.15) is 42.1 Å². The maximum atomic E-state index is 12.7. The minimum atomic E-state index is -3.46. The fraction of sp³-hybridized carbons (Fsp3) is 0.381. The van der Waals surface area contributed by atoms with Crippen molar-refractivity contribution in [2.45, 2.75) is 37.5 Å². The summed E-state index contributed by atoms with van der Waals surface area (Å²) in [4.78, 5) is 12.6. The molecule has 27 heavy (non-hydrogen) atoms. The normalized spacial score (nSPS) is 15.4. The zero-order chi connectivity index (χ0) is 19.3. The van der Waals surface area contributed by atoms with Crippen LogP contribution >= 0.6 is 0 Å². The van der Waals surface area contributed by atoms with E-state index in [1.54, 1.807) is 12.1 Å². The van der Waals surface area contributed by atoms with Crippen molar-refractivity contribution in [3.63, 3.8) is 0 Å². The summed E-state index contributed by atoms with van der Waals surface area (Å²) >= 11 is 0. The van der Waals surface area contributed by atoms with E-state index in [0.29, 0.717) is 18.7 Å². The molecule has 0 spiro atoms. The van der Waals surface area contributed by atoms with Crippen LogP contribution in [0.4, 0.5) is 5.69 Å². The van der Waals surface area contributed by atoms with E-state index in [1.807, 2.05) is 24.3 Å². The fourth-order valence-electron chi connectivity index (χ4n) is 3.21. The van der Waals surface area contributed by atoms with Crippen LogP contribution in [0.25, 0.3) is 0 Å². The minimum absolute atomic E-state index is 0.0727. The molecule has 0 aliphatic carbocycles. The standard InChI is InChI=1S/C21H26N2O3S/c1-2-17-6-10-19(11-7-17)22-16-21(24)18-8-12-20(13-9-18)27(25,26)23-14-4-3-5-15-23/h6-13,22H,2-5,14-16H2,1H3. The summed E-state index contributed by atoms with van der Waals surface area (Å²) < 4.78 is 26.9. The third-order valence-electron chi connectivity index (χ3n) is 4.94. The van der Waals surface area contributed by atoms with E-state index in [2.05, 4.69) is 12.2 Å². The van der Waals surface area contributed by atoms with Gasteiger partial charge in [-0.05, 0) is 61.2 Å². The molecule has 1 N–H and O–H groups in total. The summed E-state index contributed by atoms with van der Waals surface area (Å²) in [7, 11) is -3.46. The summed E-state index contributed by atoms with van der Waals surface area (Å²) in [5, 5.41) is 3.11. The van der Waals surface area contributed by atoms with Crippen molar-refractivity contribution >= 4 is 21.5 Å². The number of benzene rings is 2. The van der Waals surface area contributed by atoms with Crippen LogP contribution in [0.5, 0.6) is 0 Å². The van der Waals surface area contributed by atoms with Gasteiger partial charge in [0, 0.05) is 24.3 Å². The van der Waals surface area contributed by atoms with E-state index in [9.17, 15) is 13.2 Å². The molecule has 1 heterocycles. The van der Waals surface area contributed by atoms with E-state index in [1.165, 1.54) is 22.0 Å². The number of hydrogen-bond acceptors (Lipinski definition) is 4. The van der Waals surface area contributed by atoms with Crippen molar-refractivity contribution in [1.82, 2.24) is 4.31 Å². The van der Waals surface area contributed by atoms with Crippen LogP contribution < -0.4 is 5.32 Å². The van der Waals surface area contributed by atoms with Gasteiger partial charge in [0.05, 0.1) is 11.4 Å². The predicted molar refractivity (Wildman–Crippen MR) is 108 cm³/mol. The molecule has 1 fully saturated rings. The van der Waals surface area contributed by atoms with Gasteiger partial charge in [0.25, 0.3) is 0 Å². The number of ketones is 1. The molecule has 0 radical (unpaired) electrons. The molecule has 0 unspecified atom stereocenters. The highest BCUT2D eigenvalue weighted by Crippen LogP contribution is 2.21. The maximum Gasteiger partial charge on any atom is 0.243 e. The van der Waals surface area contributed by atoms with Crippen LogP contribution in [0.3, 0.4) is 0 Å². The van der Waals surface area contributed by atoms with Gasteiger partial charge in [0.15, 0.2) is 5.78 Å². The number of nitrogens with zero attached hydrogens (tertiary/aromatic N) is 1. The quantitative estimate of drug-likeness (QED) is 0.737. The summed E-state index contributed by atoms with van der Waals surface area (Å²) in [6.07, 6.45) is 3.86. The van der Waals surface area contributed by atoms with E-state index in [0.717, 1.165) is 31.4 Å². The highest BCUT2D eigenvalue weighted by molar-refractivity contribution is 7.89. The van der Waals surface area contributed by atoms with Gasteiger partial charge >= 0.3 is 0 Å². The second kappa shape index (κ2) is 8.67. The molecule has 144 valence electrons. The molecule has 1 aliphatic rings. The zero-order valence-electron chi connectivity index (χ0n) is 15.6. The summed E-state index contributed by atoms with van der Waals surface area (Å²) in [6, 6.07) is 14.3. The van der Waals surface area contributed by atoms with Gasteiger partial charge in [-0.25, -0.2) is 8.42 Å². The first kappa shape index (κ1) is 19.6. The van der Waals surface area contributed by atoms with Crippen LogP contribution in [-0.2, 0) is 16.4 Å². The molecule has 1 aliphatic heterocycles. The van der Waals surface area contributed by atoms with Gasteiger partial charge in [-0.1, -0.05) is 25.5 Å². The lowest BCUT2D eigenvalue weighted by Gasteiger charge is -2.25. The average molecular weight is 387 g/mol. The lowest BCUT2D eigenvalue weighted by molar-refractivity contribution is 0.101. The number of hydrogen-bond donors (Lipinski definition) is 1. The Morgan fingerprint density at radius 3 is 2.19 bits per heavy atom. The monoisotopic (exact) mass is 386 g/mol. The van der Waals surface area contributed by atoms with E-state index in [4.69, 9.17) is 0 Å². The molecule has 6 heteroatoms. The fourth-order valence-corrected chi connectivity index (χ4v) is 4.73. The van der Waals surface area contributed by atoms with Crippen molar-refractivity contribution in [3.8, 4) is 0 Å². The number of nitrogens with one attached hydrogen (secondary N) is 1. The van der Waals surface area contributed by atoms with E-state index >= 15 is 0 Å². The van der Waals surface area contributed by atoms with E-state index < -0.39 is 10.0 Å². The number of anilines is 1. The first-order valence-corrected chi connectivity index (χ1v) is 10.9. The lowest BCUT2D eigenvalue weighted by atomic mass is 10.1. The highest BCUT2D eigenvalue weighted by Gasteiger charge is 2.25. The molecular weight excluding hydrogens is 360 g/mol. The number of Topliss-reactive ketones (excluding diaryl/α,β-unsaturated/α-hetero) is 1. The van der Waals surface area contributed by atoms with Gasteiger partial charge in [0.1, 0.15) is 0 Å². The van der Waals surface area contributed by atoms with Crippen LogP contribution in [0.2, 0.25) is 0 Å². The van der Waals surface area contributed by atoms with Crippen molar-refractivity contribution in [1.29, 1.82) is 0 Å². The lowest BCUT2D eigenvalue weighted by Crippen LogP contribution is -2.35. The van der Waals surface area contributed by atoms with Crippen LogP contribution in [0, 0.1) is 0 Å². The SMILES string of the molecule is CCc1ccc(NCC(=O)c2ccc(S(=O)(=O)N3CCCCC3)cc2)cc1. The molecule has 0 bridgehead atoms. The second-order valence-electron chi connectivity index (χ2n) is 6.82. The number of aryl methyl sites for hydroxylation is 1. The van der Waals surface area contributed by atoms with Crippen LogP contribution in [0.15, 0.2) is 53.4 Å². The van der Waals surface area contributed by atoms with Crippen molar-refractivity contribution < 1.29 is 13.2 Å². The second-order valence-corrected chi connectivity index (χ2v) is 8.75. The van der Waals surface area contributed by atoms with E-state index in [-0.39, 0.29) is 17.2 Å². The van der Waals surface area contributed by atoms with Crippen LogP contribution in [-0.4, -0.2) is 38.1 Å². The smallest absolute Gasteiger partial charge is 0.243 e. The summed E-state index contributed by atoms with van der Waals surface area (Å²) in [5.74, 6) is -0.0727. The average Bonchev–Trinajstić information content (AvgIpc) is 2.73. The Hall–Kier alpha value is -2.18. The van der Waals surface area contributed by atoms with Gasteiger partial charge in [0.2, 0.25) is 10.0 Å². The van der Waals surface area contributed by atoms with Gasteiger partial charge in [-0.15, -0.1) is 0 Å². The topological polar surface area (TPSA) is 66.5 Å². The molecule has 1 saturated heterocycles. The third kappa shape index (κ3) is 4.76. The highest BCUT2D eigenvalue weighted by atomic mass is 32.2. The largest absolute Gasteiger partial charge is 0.378 e. The molecule has 3 rings (SSSR count). The molecule has 0 amide bonds. The number of carbonyl (C=O) groups is 1. The Balaban J connectivity index is 1.62. The Bertz CT molecular complexity index is 869. The van der Waals surface area contributed by atoms with Crippen molar-refractivity contribution in [3.05, 3.63) is 59.7 Å². The number of sulfonamides is 1. The molecule has 0 atom stereocenters. The maximum absolute atomic E-state index is 12.7. The predicted octanol–water partition coefficient (Wildman–Crippen LogP) is 3.72. The van der Waals surface area contributed by atoms with Gasteiger partial charge < -0.3 is 5.32 Å². The Morgan fingerprint density at radius 1 is 0.963 bits per heavy atom. The Morgan fingerprint density at radius 2 is 1.59 bits per heavy atom. The summed E-state index contributed by atoms with van der Waals surface area (Å²) in [5.41, 5.74) is 2.65. The molecular formula is C21H26N2O3S.